The summed E-state index contributed by atoms with van der Waals surface area (Å²) in [5.74, 6) is 0.539. The Bertz CT molecular complexity index is 298. The number of aromatic nitrogens is 1. The highest BCUT2D eigenvalue weighted by molar-refractivity contribution is 7.11. The van der Waals surface area contributed by atoms with Crippen LogP contribution in [0.4, 0.5) is 0 Å². The first-order valence-corrected chi connectivity index (χ1v) is 5.87. The quantitative estimate of drug-likeness (QED) is 0.833. The summed E-state index contributed by atoms with van der Waals surface area (Å²) in [6.45, 7) is 10.9. The molecule has 1 aromatic heterocycles. The average molecular weight is 212 g/mol. The molecule has 0 saturated carbocycles. The number of rotatable bonds is 3. The first-order valence-electron chi connectivity index (χ1n) is 5.05. The van der Waals surface area contributed by atoms with E-state index in [2.05, 4.69) is 44.9 Å². The first-order chi connectivity index (χ1) is 6.41. The standard InChI is InChI=1S/C11H20N2S/c1-7(2)11(5,12-6)10-13-8(3)9(4)14-10/h7,12H,1-6H3. The van der Waals surface area contributed by atoms with Crippen molar-refractivity contribution in [3.63, 3.8) is 0 Å². The van der Waals surface area contributed by atoms with E-state index in [1.54, 1.807) is 11.3 Å². The smallest absolute Gasteiger partial charge is 0.113 e. The summed E-state index contributed by atoms with van der Waals surface area (Å²) in [5.41, 5.74) is 1.16. The van der Waals surface area contributed by atoms with Crippen molar-refractivity contribution >= 4 is 11.3 Å². The molecule has 1 aromatic rings. The van der Waals surface area contributed by atoms with Crippen LogP contribution < -0.4 is 5.32 Å². The van der Waals surface area contributed by atoms with Gasteiger partial charge in [-0.25, -0.2) is 4.98 Å². The Morgan fingerprint density at radius 2 is 1.93 bits per heavy atom. The lowest BCUT2D eigenvalue weighted by atomic mass is 9.89. The zero-order valence-electron chi connectivity index (χ0n) is 9.93. The van der Waals surface area contributed by atoms with Crippen LogP contribution >= 0.6 is 11.3 Å². The molecule has 2 nitrogen and oxygen atoms in total. The lowest BCUT2D eigenvalue weighted by Gasteiger charge is -2.31. The van der Waals surface area contributed by atoms with E-state index in [9.17, 15) is 0 Å². The van der Waals surface area contributed by atoms with Crippen LogP contribution in [0.2, 0.25) is 0 Å². The van der Waals surface area contributed by atoms with E-state index in [1.165, 1.54) is 9.88 Å². The molecular formula is C11H20N2S. The highest BCUT2D eigenvalue weighted by atomic mass is 32.1. The molecule has 0 aliphatic carbocycles. The number of nitrogens with one attached hydrogen (secondary N) is 1. The predicted octanol–water partition coefficient (Wildman–Crippen LogP) is 2.85. The van der Waals surface area contributed by atoms with Gasteiger partial charge in [-0.15, -0.1) is 11.3 Å². The third-order valence-electron chi connectivity index (χ3n) is 3.15. The third kappa shape index (κ3) is 1.84. The maximum Gasteiger partial charge on any atom is 0.113 e. The summed E-state index contributed by atoms with van der Waals surface area (Å²) < 4.78 is 0. The molecule has 1 atom stereocenters. The molecule has 1 unspecified atom stereocenters. The summed E-state index contributed by atoms with van der Waals surface area (Å²) in [4.78, 5) is 5.95. The Labute approximate surface area is 90.8 Å². The predicted molar refractivity (Wildman–Crippen MR) is 62.8 cm³/mol. The topological polar surface area (TPSA) is 24.9 Å². The second kappa shape index (κ2) is 3.99. The highest BCUT2D eigenvalue weighted by Gasteiger charge is 2.31. The van der Waals surface area contributed by atoms with Gasteiger partial charge < -0.3 is 5.32 Å². The van der Waals surface area contributed by atoms with Crippen LogP contribution in [0, 0.1) is 19.8 Å². The van der Waals surface area contributed by atoms with Gasteiger partial charge in [0.15, 0.2) is 0 Å². The van der Waals surface area contributed by atoms with E-state index in [-0.39, 0.29) is 5.54 Å². The molecule has 1 heterocycles. The molecule has 0 fully saturated rings. The second-order valence-electron chi connectivity index (χ2n) is 4.27. The van der Waals surface area contributed by atoms with Crippen molar-refractivity contribution in [3.8, 4) is 0 Å². The second-order valence-corrected chi connectivity index (χ2v) is 5.47. The van der Waals surface area contributed by atoms with E-state index in [4.69, 9.17) is 0 Å². The summed E-state index contributed by atoms with van der Waals surface area (Å²) in [6.07, 6.45) is 0. The molecule has 0 bridgehead atoms. The van der Waals surface area contributed by atoms with E-state index in [0.717, 1.165) is 5.69 Å². The largest absolute Gasteiger partial charge is 0.308 e. The minimum absolute atomic E-state index is 0.00366. The van der Waals surface area contributed by atoms with Gasteiger partial charge in [-0.3, -0.25) is 0 Å². The van der Waals surface area contributed by atoms with Gasteiger partial charge >= 0.3 is 0 Å². The van der Waals surface area contributed by atoms with Crippen LogP contribution in [0.25, 0.3) is 0 Å². The van der Waals surface area contributed by atoms with Crippen LogP contribution in [-0.2, 0) is 5.54 Å². The van der Waals surface area contributed by atoms with Crippen molar-refractivity contribution in [1.82, 2.24) is 10.3 Å². The summed E-state index contributed by atoms with van der Waals surface area (Å²) in [5, 5.41) is 4.58. The molecule has 0 aromatic carbocycles. The molecule has 0 saturated heterocycles. The SMILES string of the molecule is CNC(C)(c1nc(C)c(C)s1)C(C)C. The zero-order chi connectivity index (χ0) is 10.9. The van der Waals surface area contributed by atoms with Crippen LogP contribution in [0.5, 0.6) is 0 Å². The van der Waals surface area contributed by atoms with E-state index < -0.39 is 0 Å². The van der Waals surface area contributed by atoms with Gasteiger partial charge in [0, 0.05) is 4.88 Å². The number of thiazole rings is 1. The maximum absolute atomic E-state index is 4.63. The third-order valence-corrected chi connectivity index (χ3v) is 4.46. The van der Waals surface area contributed by atoms with Gasteiger partial charge in [0.05, 0.1) is 11.2 Å². The summed E-state index contributed by atoms with van der Waals surface area (Å²) in [7, 11) is 2.01. The summed E-state index contributed by atoms with van der Waals surface area (Å²) in [6, 6.07) is 0. The summed E-state index contributed by atoms with van der Waals surface area (Å²) >= 11 is 1.80. The van der Waals surface area contributed by atoms with Crippen LogP contribution in [0.15, 0.2) is 0 Å². The van der Waals surface area contributed by atoms with Crippen molar-refractivity contribution in [3.05, 3.63) is 15.6 Å². The zero-order valence-corrected chi connectivity index (χ0v) is 10.7. The highest BCUT2D eigenvalue weighted by Crippen LogP contribution is 2.32. The average Bonchev–Trinajstić information content (AvgIpc) is 2.45. The van der Waals surface area contributed by atoms with E-state index >= 15 is 0 Å². The van der Waals surface area contributed by atoms with Crippen molar-refractivity contribution in [2.45, 2.75) is 40.2 Å². The first kappa shape index (κ1) is 11.7. The van der Waals surface area contributed by atoms with Crippen LogP contribution in [0.1, 0.15) is 36.3 Å². The van der Waals surface area contributed by atoms with Crippen molar-refractivity contribution in [2.75, 3.05) is 7.05 Å². The lowest BCUT2D eigenvalue weighted by Crippen LogP contribution is -2.41. The molecule has 3 heteroatoms. The molecule has 80 valence electrons. The molecule has 14 heavy (non-hydrogen) atoms. The number of nitrogens with zero attached hydrogens (tertiary/aromatic N) is 1. The van der Waals surface area contributed by atoms with Gasteiger partial charge in [0.1, 0.15) is 5.01 Å². The molecule has 1 N–H and O–H groups in total. The van der Waals surface area contributed by atoms with E-state index in [0.29, 0.717) is 5.92 Å². The molecular weight excluding hydrogens is 192 g/mol. The van der Waals surface area contributed by atoms with Gasteiger partial charge in [0.2, 0.25) is 0 Å². The van der Waals surface area contributed by atoms with E-state index in [1.807, 2.05) is 7.05 Å². The van der Waals surface area contributed by atoms with Crippen molar-refractivity contribution < 1.29 is 0 Å². The number of aryl methyl sites for hydroxylation is 2. The van der Waals surface area contributed by atoms with Crippen molar-refractivity contribution in [1.29, 1.82) is 0 Å². The minimum atomic E-state index is 0.00366. The van der Waals surface area contributed by atoms with Gasteiger partial charge in [-0.1, -0.05) is 13.8 Å². The Morgan fingerprint density at radius 3 is 2.21 bits per heavy atom. The Kier molecular flexibility index (Phi) is 3.32. The van der Waals surface area contributed by atoms with Gasteiger partial charge in [0.25, 0.3) is 0 Å². The fourth-order valence-electron chi connectivity index (χ4n) is 1.34. The van der Waals surface area contributed by atoms with Crippen LogP contribution in [0.3, 0.4) is 0 Å². The molecule has 0 aliphatic rings. The van der Waals surface area contributed by atoms with Gasteiger partial charge in [-0.2, -0.15) is 0 Å². The monoisotopic (exact) mass is 212 g/mol. The maximum atomic E-state index is 4.63. The van der Waals surface area contributed by atoms with Crippen molar-refractivity contribution in [2.24, 2.45) is 5.92 Å². The molecule has 0 aliphatic heterocycles. The Hall–Kier alpha value is -0.410. The lowest BCUT2D eigenvalue weighted by molar-refractivity contribution is 0.285. The number of hydrogen-bond acceptors (Lipinski definition) is 3. The Balaban J connectivity index is 3.12. The molecule has 0 amide bonds. The van der Waals surface area contributed by atoms with Gasteiger partial charge in [-0.05, 0) is 33.7 Å². The fraction of sp³-hybridized carbons (Fsp3) is 0.727. The minimum Gasteiger partial charge on any atom is -0.308 e. The Morgan fingerprint density at radius 1 is 1.36 bits per heavy atom. The normalized spacial score (nSPS) is 15.9. The van der Waals surface area contributed by atoms with Crippen LogP contribution in [-0.4, -0.2) is 12.0 Å². The molecule has 1 rings (SSSR count). The molecule has 0 spiro atoms. The fourth-order valence-corrected chi connectivity index (χ4v) is 2.55. The molecule has 0 radical (unpaired) electrons. The number of hydrogen-bond donors (Lipinski definition) is 1.